The van der Waals surface area contributed by atoms with Crippen molar-refractivity contribution in [1.82, 2.24) is 10.3 Å². The molecule has 1 fully saturated rings. The molecule has 2 aromatic rings. The van der Waals surface area contributed by atoms with Crippen molar-refractivity contribution < 1.29 is 19.1 Å². The van der Waals surface area contributed by atoms with E-state index in [9.17, 15) is 9.59 Å². The van der Waals surface area contributed by atoms with E-state index in [2.05, 4.69) is 15.6 Å². The average molecular weight is 438 g/mol. The lowest BCUT2D eigenvalue weighted by Gasteiger charge is -2.22. The Labute approximate surface area is 189 Å². The van der Waals surface area contributed by atoms with Gasteiger partial charge in [-0.25, -0.2) is 4.98 Å². The fourth-order valence-electron chi connectivity index (χ4n) is 3.60. The van der Waals surface area contributed by atoms with Gasteiger partial charge >= 0.3 is 0 Å². The highest BCUT2D eigenvalue weighted by Crippen LogP contribution is 2.27. The Morgan fingerprint density at radius 2 is 1.91 bits per heavy atom. The quantitative estimate of drug-likeness (QED) is 0.574. The van der Waals surface area contributed by atoms with Crippen LogP contribution in [0.15, 0.2) is 48.7 Å². The van der Waals surface area contributed by atoms with Crippen molar-refractivity contribution in [3.8, 4) is 11.5 Å². The van der Waals surface area contributed by atoms with Crippen molar-refractivity contribution in [2.75, 3.05) is 19.0 Å². The normalized spacial score (nSPS) is 15.2. The van der Waals surface area contributed by atoms with Crippen LogP contribution in [0.5, 0.6) is 11.5 Å². The number of methoxy groups -OCH3 is 1. The average Bonchev–Trinajstić information content (AvgIpc) is 2.83. The van der Waals surface area contributed by atoms with Gasteiger partial charge in [-0.05, 0) is 61.6 Å². The van der Waals surface area contributed by atoms with Crippen LogP contribution in [0.3, 0.4) is 0 Å². The van der Waals surface area contributed by atoms with E-state index >= 15 is 0 Å². The van der Waals surface area contributed by atoms with Crippen molar-refractivity contribution in [3.05, 3.63) is 54.2 Å². The summed E-state index contributed by atoms with van der Waals surface area (Å²) in [6.45, 7) is 2.25. The molecule has 170 valence electrons. The van der Waals surface area contributed by atoms with Gasteiger partial charge in [0, 0.05) is 12.3 Å². The minimum atomic E-state index is -0.740. The molecule has 2 N–H and O–H groups in total. The van der Waals surface area contributed by atoms with E-state index in [4.69, 9.17) is 9.47 Å². The van der Waals surface area contributed by atoms with Crippen molar-refractivity contribution in [3.63, 3.8) is 0 Å². The Kier molecular flexibility index (Phi) is 8.66. The summed E-state index contributed by atoms with van der Waals surface area (Å²) in [5.41, 5.74) is 0.853. The van der Waals surface area contributed by atoms with Gasteiger partial charge in [0.1, 0.15) is 11.8 Å². The summed E-state index contributed by atoms with van der Waals surface area (Å²) in [4.78, 5) is 29.0. The van der Waals surface area contributed by atoms with E-state index in [1.165, 1.54) is 38.2 Å². The van der Waals surface area contributed by atoms with Gasteiger partial charge in [0.25, 0.3) is 0 Å². The number of ether oxygens (including phenoxy) is 2. The minimum absolute atomic E-state index is 0.363. The predicted octanol–water partition coefficient (Wildman–Crippen LogP) is 4.21. The summed E-state index contributed by atoms with van der Waals surface area (Å²) in [6, 6.07) is 10.1. The second kappa shape index (κ2) is 11.9. The van der Waals surface area contributed by atoms with Crippen molar-refractivity contribution in [2.24, 2.45) is 5.92 Å². The summed E-state index contributed by atoms with van der Waals surface area (Å²) in [5, 5.41) is 5.43. The maximum atomic E-state index is 12.6. The molecule has 3 rings (SSSR count). The number of benzene rings is 1. The maximum absolute atomic E-state index is 12.6. The van der Waals surface area contributed by atoms with Crippen LogP contribution in [-0.2, 0) is 9.59 Å². The molecular formula is C25H31N3O4. The molecule has 1 aliphatic rings. The van der Waals surface area contributed by atoms with Crippen LogP contribution in [0.4, 0.5) is 5.82 Å². The number of anilines is 1. The van der Waals surface area contributed by atoms with E-state index in [1.54, 1.807) is 38.4 Å². The summed E-state index contributed by atoms with van der Waals surface area (Å²) >= 11 is 0. The number of hydrogen-bond donors (Lipinski definition) is 2. The Morgan fingerprint density at radius 1 is 1.16 bits per heavy atom. The van der Waals surface area contributed by atoms with Gasteiger partial charge in [-0.15, -0.1) is 0 Å². The molecule has 1 unspecified atom stereocenters. The standard InChI is InChI=1S/C25H31N3O4/c1-18(27-23(29)15-12-19-10-13-21(31-2)14-11-19)25(30)28-24-22(9-6-16-26-24)32-17-20-7-4-3-5-8-20/h6,9-16,18,20H,3-5,7-8,17H2,1-2H3,(H,27,29)(H,26,28,30)/b15-12+. The van der Waals surface area contributed by atoms with Gasteiger partial charge < -0.3 is 20.1 Å². The molecule has 1 atom stereocenters. The summed E-state index contributed by atoms with van der Waals surface area (Å²) < 4.78 is 11.1. The van der Waals surface area contributed by atoms with E-state index in [1.807, 2.05) is 24.3 Å². The second-order valence-electron chi connectivity index (χ2n) is 7.99. The van der Waals surface area contributed by atoms with E-state index in [0.29, 0.717) is 24.1 Å². The Hall–Kier alpha value is -3.35. The molecule has 32 heavy (non-hydrogen) atoms. The van der Waals surface area contributed by atoms with E-state index in [0.717, 1.165) is 11.3 Å². The van der Waals surface area contributed by atoms with Gasteiger partial charge in [0.05, 0.1) is 13.7 Å². The smallest absolute Gasteiger partial charge is 0.247 e. The van der Waals surface area contributed by atoms with E-state index in [-0.39, 0.29) is 11.8 Å². The molecule has 1 saturated carbocycles. The highest BCUT2D eigenvalue weighted by atomic mass is 16.5. The number of aromatic nitrogens is 1. The predicted molar refractivity (Wildman–Crippen MR) is 125 cm³/mol. The van der Waals surface area contributed by atoms with Gasteiger partial charge in [-0.3, -0.25) is 9.59 Å². The minimum Gasteiger partial charge on any atom is -0.497 e. The third-order valence-electron chi connectivity index (χ3n) is 5.51. The number of carbonyl (C=O) groups excluding carboxylic acids is 2. The Balaban J connectivity index is 1.51. The molecule has 0 spiro atoms. The van der Waals surface area contributed by atoms with Gasteiger partial charge in [-0.1, -0.05) is 31.4 Å². The van der Waals surface area contributed by atoms with Gasteiger partial charge in [0.15, 0.2) is 11.6 Å². The Morgan fingerprint density at radius 3 is 2.62 bits per heavy atom. The number of hydrogen-bond acceptors (Lipinski definition) is 5. The van der Waals surface area contributed by atoms with Crippen LogP contribution in [0.2, 0.25) is 0 Å². The first-order valence-corrected chi connectivity index (χ1v) is 11.1. The fourth-order valence-corrected chi connectivity index (χ4v) is 3.60. The van der Waals surface area contributed by atoms with Crippen LogP contribution in [0.25, 0.3) is 6.08 Å². The zero-order chi connectivity index (χ0) is 22.8. The van der Waals surface area contributed by atoms with Crippen molar-refractivity contribution >= 4 is 23.7 Å². The highest BCUT2D eigenvalue weighted by molar-refractivity contribution is 5.99. The van der Waals surface area contributed by atoms with Crippen LogP contribution in [0, 0.1) is 5.92 Å². The molecular weight excluding hydrogens is 406 g/mol. The molecule has 2 amide bonds. The molecule has 0 bridgehead atoms. The zero-order valence-electron chi connectivity index (χ0n) is 18.7. The Bertz CT molecular complexity index is 921. The van der Waals surface area contributed by atoms with Gasteiger partial charge in [-0.2, -0.15) is 0 Å². The molecule has 1 aliphatic carbocycles. The summed E-state index contributed by atoms with van der Waals surface area (Å²) in [7, 11) is 1.60. The number of nitrogens with zero attached hydrogens (tertiary/aromatic N) is 1. The number of carbonyl (C=O) groups is 2. The largest absolute Gasteiger partial charge is 0.497 e. The third-order valence-corrected chi connectivity index (χ3v) is 5.51. The summed E-state index contributed by atoms with van der Waals surface area (Å²) in [6.07, 6.45) is 10.8. The van der Waals surface area contributed by atoms with Gasteiger partial charge in [0.2, 0.25) is 11.8 Å². The number of nitrogens with one attached hydrogen (secondary N) is 2. The first-order valence-electron chi connectivity index (χ1n) is 11.1. The third kappa shape index (κ3) is 7.11. The molecule has 1 aromatic carbocycles. The first kappa shape index (κ1) is 23.3. The monoisotopic (exact) mass is 437 g/mol. The number of pyridine rings is 1. The lowest BCUT2D eigenvalue weighted by Crippen LogP contribution is -2.41. The number of rotatable bonds is 9. The van der Waals surface area contributed by atoms with Crippen LogP contribution < -0.4 is 20.1 Å². The van der Waals surface area contributed by atoms with Crippen molar-refractivity contribution in [1.29, 1.82) is 0 Å². The molecule has 0 aliphatic heterocycles. The summed E-state index contributed by atoms with van der Waals surface area (Å²) in [5.74, 6) is 1.47. The second-order valence-corrected chi connectivity index (χ2v) is 7.99. The van der Waals surface area contributed by atoms with Crippen LogP contribution in [-0.4, -0.2) is 36.6 Å². The number of amides is 2. The molecule has 1 aromatic heterocycles. The van der Waals surface area contributed by atoms with Crippen LogP contribution >= 0.6 is 0 Å². The SMILES string of the molecule is COc1ccc(/C=C/C(=O)NC(C)C(=O)Nc2ncccc2OCC2CCCCC2)cc1. The highest BCUT2D eigenvalue weighted by Gasteiger charge is 2.19. The zero-order valence-corrected chi connectivity index (χ0v) is 18.7. The fraction of sp³-hybridized carbons (Fsp3) is 0.400. The van der Waals surface area contributed by atoms with Crippen LogP contribution in [0.1, 0.15) is 44.6 Å². The lowest BCUT2D eigenvalue weighted by atomic mass is 9.90. The molecule has 1 heterocycles. The molecule has 7 heteroatoms. The maximum Gasteiger partial charge on any atom is 0.247 e. The molecule has 0 saturated heterocycles. The van der Waals surface area contributed by atoms with Crippen molar-refractivity contribution in [2.45, 2.75) is 45.1 Å². The topological polar surface area (TPSA) is 89.5 Å². The first-order chi connectivity index (χ1) is 15.5. The molecule has 0 radical (unpaired) electrons. The van der Waals surface area contributed by atoms with E-state index < -0.39 is 6.04 Å². The molecule has 7 nitrogen and oxygen atoms in total. The lowest BCUT2D eigenvalue weighted by molar-refractivity contribution is -0.123.